The Bertz CT molecular complexity index is 928. The summed E-state index contributed by atoms with van der Waals surface area (Å²) in [6.45, 7) is 4.46. The van der Waals surface area contributed by atoms with E-state index in [-0.39, 0.29) is 11.6 Å². The maximum atomic E-state index is 12.3. The molecule has 1 amide bonds. The molecule has 3 aromatic rings. The summed E-state index contributed by atoms with van der Waals surface area (Å²) in [5.41, 5.74) is 2.61. The number of benzene rings is 2. The van der Waals surface area contributed by atoms with Crippen LogP contribution >= 0.6 is 11.6 Å². The Kier molecular flexibility index (Phi) is 5.88. The molecule has 1 heterocycles. The third-order valence-corrected chi connectivity index (χ3v) is 4.17. The lowest BCUT2D eigenvalue weighted by Crippen LogP contribution is -2.14. The molecule has 0 aliphatic rings. The molecular formula is C20H19ClN4O2. The number of nitrogens with zero attached hydrogens (tertiary/aromatic N) is 2. The molecule has 2 N–H and O–H groups in total. The average Bonchev–Trinajstić information content (AvgIpc) is 2.67. The molecular weight excluding hydrogens is 364 g/mol. The Morgan fingerprint density at radius 3 is 2.41 bits per heavy atom. The van der Waals surface area contributed by atoms with E-state index in [9.17, 15) is 4.79 Å². The predicted octanol–water partition coefficient (Wildman–Crippen LogP) is 4.83. The molecule has 0 aliphatic carbocycles. The largest absolute Gasteiger partial charge is 0.494 e. The molecule has 0 spiro atoms. The van der Waals surface area contributed by atoms with Crippen molar-refractivity contribution in [3.8, 4) is 5.75 Å². The Labute approximate surface area is 162 Å². The first-order valence-corrected chi connectivity index (χ1v) is 8.84. The molecule has 7 heteroatoms. The van der Waals surface area contributed by atoms with E-state index < -0.39 is 0 Å². The highest BCUT2D eigenvalue weighted by molar-refractivity contribution is 6.31. The van der Waals surface area contributed by atoms with Gasteiger partial charge in [-0.1, -0.05) is 17.7 Å². The highest BCUT2D eigenvalue weighted by Crippen LogP contribution is 2.21. The fraction of sp³-hybridized carbons (Fsp3) is 0.150. The third-order valence-electron chi connectivity index (χ3n) is 3.76. The van der Waals surface area contributed by atoms with Crippen molar-refractivity contribution in [1.82, 2.24) is 10.2 Å². The minimum absolute atomic E-state index is 0.212. The monoisotopic (exact) mass is 382 g/mol. The Morgan fingerprint density at radius 1 is 1.04 bits per heavy atom. The molecule has 2 aromatic carbocycles. The Balaban J connectivity index is 1.63. The first-order chi connectivity index (χ1) is 13.0. The summed E-state index contributed by atoms with van der Waals surface area (Å²) >= 11 is 6.07. The van der Waals surface area contributed by atoms with Gasteiger partial charge in [0.2, 0.25) is 0 Å². The van der Waals surface area contributed by atoms with Crippen LogP contribution in [0.4, 0.5) is 17.2 Å². The van der Waals surface area contributed by atoms with Crippen LogP contribution in [0.5, 0.6) is 5.75 Å². The second kappa shape index (κ2) is 8.51. The van der Waals surface area contributed by atoms with Crippen molar-refractivity contribution in [1.29, 1.82) is 0 Å². The topological polar surface area (TPSA) is 76.1 Å². The lowest BCUT2D eigenvalue weighted by molar-refractivity contribution is 0.102. The van der Waals surface area contributed by atoms with E-state index in [2.05, 4.69) is 20.8 Å². The van der Waals surface area contributed by atoms with E-state index in [1.165, 1.54) is 0 Å². The van der Waals surface area contributed by atoms with Gasteiger partial charge in [-0.15, -0.1) is 10.2 Å². The standard InChI is InChI=1S/C20H19ClN4O2/c1-3-27-16-8-6-14(7-9-16)22-19-11-10-18(24-25-19)20(26)23-15-5-4-13(2)17(21)12-15/h4-12H,3H2,1-2H3,(H,22,25)(H,23,26). The lowest BCUT2D eigenvalue weighted by atomic mass is 10.2. The van der Waals surface area contributed by atoms with Crippen molar-refractivity contribution in [3.05, 3.63) is 70.9 Å². The van der Waals surface area contributed by atoms with Gasteiger partial charge < -0.3 is 15.4 Å². The SMILES string of the molecule is CCOc1ccc(Nc2ccc(C(=O)Nc3ccc(C)c(Cl)c3)nn2)cc1. The molecule has 0 saturated carbocycles. The summed E-state index contributed by atoms with van der Waals surface area (Å²) in [6, 6.07) is 16.1. The van der Waals surface area contributed by atoms with Crippen LogP contribution in [0.3, 0.4) is 0 Å². The zero-order valence-corrected chi connectivity index (χ0v) is 15.7. The van der Waals surface area contributed by atoms with E-state index in [0.29, 0.717) is 23.1 Å². The first-order valence-electron chi connectivity index (χ1n) is 8.46. The molecule has 0 radical (unpaired) electrons. The summed E-state index contributed by atoms with van der Waals surface area (Å²) in [4.78, 5) is 12.3. The zero-order chi connectivity index (χ0) is 19.2. The van der Waals surface area contributed by atoms with Crippen molar-refractivity contribution in [3.63, 3.8) is 0 Å². The molecule has 1 aromatic heterocycles. The van der Waals surface area contributed by atoms with Gasteiger partial charge in [-0.25, -0.2) is 0 Å². The van der Waals surface area contributed by atoms with Crippen LogP contribution in [-0.2, 0) is 0 Å². The van der Waals surface area contributed by atoms with Gasteiger partial charge in [0.25, 0.3) is 5.91 Å². The fourth-order valence-electron chi connectivity index (χ4n) is 2.33. The summed E-state index contributed by atoms with van der Waals surface area (Å²) in [5.74, 6) is 0.987. The number of anilines is 3. The lowest BCUT2D eigenvalue weighted by Gasteiger charge is -2.08. The van der Waals surface area contributed by atoms with Crippen molar-refractivity contribution < 1.29 is 9.53 Å². The van der Waals surface area contributed by atoms with Crippen LogP contribution in [0.25, 0.3) is 0 Å². The van der Waals surface area contributed by atoms with Gasteiger partial charge >= 0.3 is 0 Å². The number of aryl methyl sites for hydroxylation is 1. The third kappa shape index (κ3) is 4.95. The van der Waals surface area contributed by atoms with Crippen LogP contribution in [0.2, 0.25) is 5.02 Å². The van der Waals surface area contributed by atoms with Gasteiger partial charge in [0.15, 0.2) is 11.5 Å². The number of carbonyl (C=O) groups excluding carboxylic acids is 1. The maximum Gasteiger partial charge on any atom is 0.276 e. The van der Waals surface area contributed by atoms with Crippen LogP contribution in [-0.4, -0.2) is 22.7 Å². The van der Waals surface area contributed by atoms with E-state index in [4.69, 9.17) is 16.3 Å². The Hall–Kier alpha value is -3.12. The van der Waals surface area contributed by atoms with Gasteiger partial charge in [-0.3, -0.25) is 4.79 Å². The van der Waals surface area contributed by atoms with E-state index >= 15 is 0 Å². The van der Waals surface area contributed by atoms with Gasteiger partial charge in [0.1, 0.15) is 5.75 Å². The number of rotatable bonds is 6. The number of carbonyl (C=O) groups is 1. The number of halogens is 1. The van der Waals surface area contributed by atoms with Gasteiger partial charge in [-0.05, 0) is 67.9 Å². The average molecular weight is 383 g/mol. The second-order valence-corrected chi connectivity index (χ2v) is 6.21. The molecule has 6 nitrogen and oxygen atoms in total. The van der Waals surface area contributed by atoms with Crippen molar-refractivity contribution in [2.45, 2.75) is 13.8 Å². The Morgan fingerprint density at radius 2 is 1.78 bits per heavy atom. The van der Waals surface area contributed by atoms with E-state index in [1.807, 2.05) is 44.2 Å². The van der Waals surface area contributed by atoms with E-state index in [1.54, 1.807) is 24.3 Å². The van der Waals surface area contributed by atoms with Crippen LogP contribution in [0.15, 0.2) is 54.6 Å². The van der Waals surface area contributed by atoms with Crippen LogP contribution in [0.1, 0.15) is 23.0 Å². The number of aromatic nitrogens is 2. The molecule has 0 saturated heterocycles. The quantitative estimate of drug-likeness (QED) is 0.638. The summed E-state index contributed by atoms with van der Waals surface area (Å²) in [7, 11) is 0. The van der Waals surface area contributed by atoms with E-state index in [0.717, 1.165) is 17.0 Å². The number of nitrogens with one attached hydrogen (secondary N) is 2. The minimum atomic E-state index is -0.352. The normalized spacial score (nSPS) is 10.3. The number of hydrogen-bond acceptors (Lipinski definition) is 5. The molecule has 27 heavy (non-hydrogen) atoms. The molecule has 3 rings (SSSR count). The number of amides is 1. The minimum Gasteiger partial charge on any atom is -0.494 e. The maximum absolute atomic E-state index is 12.3. The summed E-state index contributed by atoms with van der Waals surface area (Å²) in [5, 5.41) is 14.5. The number of ether oxygens (including phenoxy) is 1. The number of hydrogen-bond donors (Lipinski definition) is 2. The van der Waals surface area contributed by atoms with Crippen molar-refractivity contribution >= 4 is 34.7 Å². The predicted molar refractivity (Wildman–Crippen MR) is 107 cm³/mol. The highest BCUT2D eigenvalue weighted by Gasteiger charge is 2.10. The van der Waals surface area contributed by atoms with Crippen molar-refractivity contribution in [2.75, 3.05) is 17.2 Å². The summed E-state index contributed by atoms with van der Waals surface area (Å²) < 4.78 is 5.41. The smallest absolute Gasteiger partial charge is 0.276 e. The van der Waals surface area contributed by atoms with Gasteiger partial charge in [0.05, 0.1) is 6.61 Å². The molecule has 0 atom stereocenters. The molecule has 138 valence electrons. The summed E-state index contributed by atoms with van der Waals surface area (Å²) in [6.07, 6.45) is 0. The van der Waals surface area contributed by atoms with Crippen LogP contribution in [0, 0.1) is 6.92 Å². The second-order valence-electron chi connectivity index (χ2n) is 5.80. The van der Waals surface area contributed by atoms with Crippen LogP contribution < -0.4 is 15.4 Å². The highest BCUT2D eigenvalue weighted by atomic mass is 35.5. The molecule has 0 bridgehead atoms. The van der Waals surface area contributed by atoms with Gasteiger partial charge in [-0.2, -0.15) is 0 Å². The molecule has 0 unspecified atom stereocenters. The van der Waals surface area contributed by atoms with Crippen molar-refractivity contribution in [2.24, 2.45) is 0 Å². The molecule has 0 aliphatic heterocycles. The molecule has 0 fully saturated rings. The zero-order valence-electron chi connectivity index (χ0n) is 15.0. The first kappa shape index (κ1) is 18.7. The fourth-order valence-corrected chi connectivity index (χ4v) is 2.52. The van der Waals surface area contributed by atoms with Gasteiger partial charge in [0, 0.05) is 16.4 Å².